The molecule has 110 valence electrons. The smallest absolute Gasteiger partial charge is 0.456 e. The lowest BCUT2D eigenvalue weighted by Crippen LogP contribution is -2.00. The fourth-order valence-corrected chi connectivity index (χ4v) is 2.80. The molecule has 0 saturated carbocycles. The standard InChI is InChI=1S/C18H12.B2H2O3/c1-3-7-16-13(5-1)9-11-15-12-10-14-6-2-4-8-17(14)18(15)16;3-1-5-2-4/h1-12H;3-4H. The van der Waals surface area contributed by atoms with Crippen LogP contribution in [0.3, 0.4) is 0 Å². The van der Waals surface area contributed by atoms with Crippen LogP contribution in [0.4, 0.5) is 0 Å². The average Bonchev–Trinajstić information content (AvgIpc) is 2.62. The largest absolute Gasteiger partial charge is 0.469 e. The van der Waals surface area contributed by atoms with Crippen molar-refractivity contribution in [2.45, 2.75) is 0 Å². The summed E-state index contributed by atoms with van der Waals surface area (Å²) in [5.74, 6) is 0. The van der Waals surface area contributed by atoms with Crippen molar-refractivity contribution in [3.63, 3.8) is 0 Å². The predicted molar refractivity (Wildman–Crippen MR) is 96.0 cm³/mol. The van der Waals surface area contributed by atoms with Crippen molar-refractivity contribution in [3.05, 3.63) is 72.8 Å². The van der Waals surface area contributed by atoms with Gasteiger partial charge in [0.05, 0.1) is 0 Å². The van der Waals surface area contributed by atoms with Gasteiger partial charge in [0, 0.05) is 0 Å². The molecule has 0 aliphatic carbocycles. The van der Waals surface area contributed by atoms with Gasteiger partial charge in [0.15, 0.2) is 0 Å². The van der Waals surface area contributed by atoms with Crippen molar-refractivity contribution < 1.29 is 14.6 Å². The molecule has 0 aliphatic rings. The zero-order valence-corrected chi connectivity index (χ0v) is 12.4. The van der Waals surface area contributed by atoms with Gasteiger partial charge in [0.25, 0.3) is 0 Å². The lowest BCUT2D eigenvalue weighted by molar-refractivity contribution is 0.408. The second-order valence-corrected chi connectivity index (χ2v) is 5.02. The normalized spacial score (nSPS) is 10.3. The molecule has 0 aliphatic heterocycles. The van der Waals surface area contributed by atoms with E-state index in [-0.39, 0.29) is 0 Å². The van der Waals surface area contributed by atoms with E-state index in [1.165, 1.54) is 32.3 Å². The molecule has 0 aromatic heterocycles. The Balaban J connectivity index is 0.000000276. The molecule has 0 bridgehead atoms. The highest BCUT2D eigenvalue weighted by Gasteiger charge is 2.03. The number of benzene rings is 4. The first-order valence-corrected chi connectivity index (χ1v) is 7.21. The van der Waals surface area contributed by atoms with Gasteiger partial charge < -0.3 is 14.6 Å². The zero-order chi connectivity index (χ0) is 16.1. The van der Waals surface area contributed by atoms with Crippen LogP contribution >= 0.6 is 0 Å². The quantitative estimate of drug-likeness (QED) is 0.441. The summed E-state index contributed by atoms with van der Waals surface area (Å²) in [6.45, 7) is 0. The van der Waals surface area contributed by atoms with Crippen molar-refractivity contribution >= 4 is 47.7 Å². The van der Waals surface area contributed by atoms with Gasteiger partial charge in [-0.2, -0.15) is 0 Å². The van der Waals surface area contributed by atoms with Crippen molar-refractivity contribution in [1.82, 2.24) is 0 Å². The van der Waals surface area contributed by atoms with E-state index >= 15 is 0 Å². The molecule has 0 heterocycles. The van der Waals surface area contributed by atoms with Crippen LogP contribution in [0, 0.1) is 0 Å². The minimum Gasteiger partial charge on any atom is -0.456 e. The van der Waals surface area contributed by atoms with Crippen molar-refractivity contribution in [1.29, 1.82) is 0 Å². The second kappa shape index (κ2) is 7.29. The SMILES string of the molecule is O[B]O[B]O.c1ccc2c(c1)ccc1ccc3ccccc3c12. The summed E-state index contributed by atoms with van der Waals surface area (Å²) in [6.07, 6.45) is 0. The summed E-state index contributed by atoms with van der Waals surface area (Å²) in [5, 5.41) is 23.0. The Morgan fingerprint density at radius 2 is 1.00 bits per heavy atom. The first-order valence-electron chi connectivity index (χ1n) is 7.21. The number of rotatable bonds is 2. The summed E-state index contributed by atoms with van der Waals surface area (Å²) in [6, 6.07) is 26.0. The molecule has 0 saturated heterocycles. The van der Waals surface area contributed by atoms with Crippen LogP contribution < -0.4 is 0 Å². The van der Waals surface area contributed by atoms with Crippen LogP contribution in [-0.2, 0) is 4.57 Å². The Morgan fingerprint density at radius 1 is 0.565 bits per heavy atom. The van der Waals surface area contributed by atoms with Gasteiger partial charge >= 0.3 is 15.4 Å². The minimum absolute atomic E-state index is 0.375. The molecule has 3 nitrogen and oxygen atoms in total. The third-order valence-electron chi connectivity index (χ3n) is 3.76. The Hall–Kier alpha value is -2.33. The Morgan fingerprint density at radius 3 is 1.43 bits per heavy atom. The fraction of sp³-hybridized carbons (Fsp3) is 0. The first-order chi connectivity index (χ1) is 11.3. The number of hydrogen-bond acceptors (Lipinski definition) is 3. The minimum atomic E-state index is 0.375. The number of fused-ring (bicyclic) bond motifs is 5. The molecule has 4 aromatic rings. The molecule has 4 rings (SSSR count). The molecular weight excluding hydrogens is 286 g/mol. The van der Waals surface area contributed by atoms with E-state index in [0.29, 0.717) is 15.4 Å². The van der Waals surface area contributed by atoms with Gasteiger partial charge in [-0.3, -0.25) is 0 Å². The lowest BCUT2D eigenvalue weighted by Gasteiger charge is -2.07. The van der Waals surface area contributed by atoms with Gasteiger partial charge in [0.2, 0.25) is 0 Å². The van der Waals surface area contributed by atoms with E-state index in [2.05, 4.69) is 77.4 Å². The molecule has 0 atom stereocenters. The topological polar surface area (TPSA) is 49.7 Å². The zero-order valence-electron chi connectivity index (χ0n) is 12.4. The maximum Gasteiger partial charge on any atom is 0.469 e. The summed E-state index contributed by atoms with van der Waals surface area (Å²) in [7, 11) is 0.750. The molecule has 23 heavy (non-hydrogen) atoms. The summed E-state index contributed by atoms with van der Waals surface area (Å²) in [4.78, 5) is 0. The molecule has 0 unspecified atom stereocenters. The summed E-state index contributed by atoms with van der Waals surface area (Å²) < 4.78 is 3.69. The van der Waals surface area contributed by atoms with Crippen LogP contribution in [0.25, 0.3) is 32.3 Å². The molecule has 2 radical (unpaired) electrons. The highest BCUT2D eigenvalue weighted by Crippen LogP contribution is 2.31. The van der Waals surface area contributed by atoms with Crippen molar-refractivity contribution in [3.8, 4) is 0 Å². The van der Waals surface area contributed by atoms with Gasteiger partial charge in [0.1, 0.15) is 0 Å². The highest BCUT2D eigenvalue weighted by atomic mass is 16.5. The molecule has 2 N–H and O–H groups in total. The second-order valence-electron chi connectivity index (χ2n) is 5.02. The van der Waals surface area contributed by atoms with Crippen LogP contribution in [0.1, 0.15) is 0 Å². The van der Waals surface area contributed by atoms with E-state index in [1.807, 2.05) is 0 Å². The Kier molecular flexibility index (Phi) is 4.93. The lowest BCUT2D eigenvalue weighted by atomic mass is 9.97. The van der Waals surface area contributed by atoms with Crippen LogP contribution in [0.2, 0.25) is 0 Å². The van der Waals surface area contributed by atoms with Crippen LogP contribution in [0.5, 0.6) is 0 Å². The van der Waals surface area contributed by atoms with Gasteiger partial charge in [-0.15, -0.1) is 0 Å². The molecular formula is C18H14B2O3. The predicted octanol–water partition coefficient (Wildman–Crippen LogP) is 3.20. The van der Waals surface area contributed by atoms with E-state index in [1.54, 1.807) is 0 Å². The Bertz CT molecular complexity index is 868. The van der Waals surface area contributed by atoms with Gasteiger partial charge in [-0.25, -0.2) is 0 Å². The van der Waals surface area contributed by atoms with E-state index in [0.717, 1.165) is 0 Å². The molecule has 5 heteroatoms. The van der Waals surface area contributed by atoms with E-state index in [4.69, 9.17) is 10.0 Å². The van der Waals surface area contributed by atoms with E-state index in [9.17, 15) is 0 Å². The fourth-order valence-electron chi connectivity index (χ4n) is 2.80. The van der Waals surface area contributed by atoms with E-state index < -0.39 is 0 Å². The molecule has 4 aromatic carbocycles. The van der Waals surface area contributed by atoms with Gasteiger partial charge in [-0.05, 0) is 32.3 Å². The molecule has 0 amide bonds. The summed E-state index contributed by atoms with van der Waals surface area (Å²) >= 11 is 0. The first kappa shape index (κ1) is 15.6. The third-order valence-corrected chi connectivity index (χ3v) is 3.76. The monoisotopic (exact) mass is 300 g/mol. The molecule has 0 spiro atoms. The van der Waals surface area contributed by atoms with Crippen molar-refractivity contribution in [2.24, 2.45) is 0 Å². The van der Waals surface area contributed by atoms with Crippen LogP contribution in [0.15, 0.2) is 72.8 Å². The number of hydrogen-bond donors (Lipinski definition) is 2. The Labute approximate surface area is 135 Å². The highest BCUT2D eigenvalue weighted by molar-refractivity contribution is 6.32. The molecule has 0 fully saturated rings. The maximum absolute atomic E-state index is 7.53. The maximum atomic E-state index is 7.53. The van der Waals surface area contributed by atoms with Crippen molar-refractivity contribution in [2.75, 3.05) is 0 Å². The average molecular weight is 300 g/mol. The third kappa shape index (κ3) is 3.22. The van der Waals surface area contributed by atoms with Gasteiger partial charge in [-0.1, -0.05) is 72.8 Å². The van der Waals surface area contributed by atoms with Crippen LogP contribution in [-0.4, -0.2) is 25.4 Å². The summed E-state index contributed by atoms with van der Waals surface area (Å²) in [5.41, 5.74) is 0.